The molecule has 2 heterocycles. The fraction of sp³-hybridized carbons (Fsp3) is 0.560. The molecule has 3 N–H and O–H groups in total. The quantitative estimate of drug-likeness (QED) is 0.397. The Balaban J connectivity index is 1.36. The van der Waals surface area contributed by atoms with Crippen LogP contribution in [-0.4, -0.2) is 31.9 Å². The normalized spacial score (nSPS) is 15.7. The molecule has 0 radical (unpaired) electrons. The number of nitrogens with one attached hydrogen (secondary N) is 3. The van der Waals surface area contributed by atoms with Crippen LogP contribution in [0.2, 0.25) is 0 Å². The van der Waals surface area contributed by atoms with Gasteiger partial charge in [0.1, 0.15) is 11.4 Å². The van der Waals surface area contributed by atoms with Gasteiger partial charge in [-0.1, -0.05) is 44.2 Å². The third-order valence-electron chi connectivity index (χ3n) is 6.42. The van der Waals surface area contributed by atoms with E-state index in [0.29, 0.717) is 18.1 Å². The highest BCUT2D eigenvalue weighted by atomic mass is 16.5. The van der Waals surface area contributed by atoms with Crippen molar-refractivity contribution in [2.45, 2.75) is 90.0 Å². The number of anilines is 1. The van der Waals surface area contributed by atoms with Crippen LogP contribution in [0.3, 0.4) is 0 Å². The summed E-state index contributed by atoms with van der Waals surface area (Å²) in [4.78, 5) is 36.9. The highest BCUT2D eigenvalue weighted by molar-refractivity contribution is 5.93. The van der Waals surface area contributed by atoms with E-state index >= 15 is 0 Å². The van der Waals surface area contributed by atoms with E-state index in [-0.39, 0.29) is 18.2 Å². The van der Waals surface area contributed by atoms with E-state index in [0.717, 1.165) is 80.3 Å². The zero-order chi connectivity index (χ0) is 24.0. The lowest BCUT2D eigenvalue weighted by molar-refractivity contribution is -0.121. The van der Waals surface area contributed by atoms with Crippen molar-refractivity contribution in [1.29, 1.82) is 0 Å². The number of nitrogens with zero attached hydrogens (tertiary/aromatic N) is 3. The molecular weight excluding hydrogens is 432 g/mol. The number of imidazole rings is 1. The van der Waals surface area contributed by atoms with Crippen LogP contribution in [0.5, 0.6) is 0 Å². The van der Waals surface area contributed by atoms with Crippen LogP contribution in [0.1, 0.15) is 89.2 Å². The number of fused-ring (bicyclic) bond motifs is 1. The number of benzene rings is 1. The molecule has 0 bridgehead atoms. The molecule has 9 heteroatoms. The Bertz CT molecular complexity index is 1130. The van der Waals surface area contributed by atoms with Crippen molar-refractivity contribution >= 4 is 28.5 Å². The van der Waals surface area contributed by atoms with Gasteiger partial charge in [-0.3, -0.25) is 9.59 Å². The van der Waals surface area contributed by atoms with Gasteiger partial charge < -0.3 is 20.1 Å². The summed E-state index contributed by atoms with van der Waals surface area (Å²) >= 11 is 0. The largest absolute Gasteiger partial charge is 0.343 e. The number of aromatic amines is 1. The molecule has 2 aromatic heterocycles. The first-order chi connectivity index (χ1) is 16.5. The van der Waals surface area contributed by atoms with Crippen LogP contribution in [-0.2, 0) is 28.0 Å². The number of carbonyl (C=O) groups is 2. The molecule has 2 amide bonds. The fourth-order valence-corrected chi connectivity index (χ4v) is 4.67. The van der Waals surface area contributed by atoms with Crippen LogP contribution in [0.25, 0.3) is 11.0 Å². The zero-order valence-corrected chi connectivity index (χ0v) is 20.1. The Morgan fingerprint density at radius 1 is 1.12 bits per heavy atom. The molecule has 1 fully saturated rings. The minimum absolute atomic E-state index is 0.0978. The molecule has 1 aliphatic carbocycles. The van der Waals surface area contributed by atoms with Crippen molar-refractivity contribution in [2.75, 3.05) is 5.32 Å². The van der Waals surface area contributed by atoms with Crippen LogP contribution in [0, 0.1) is 0 Å². The van der Waals surface area contributed by atoms with E-state index in [1.54, 1.807) is 0 Å². The van der Waals surface area contributed by atoms with Gasteiger partial charge in [-0.05, 0) is 37.5 Å². The molecule has 9 nitrogen and oxygen atoms in total. The van der Waals surface area contributed by atoms with E-state index in [9.17, 15) is 9.59 Å². The number of hydrogen-bond donors (Lipinski definition) is 3. The summed E-state index contributed by atoms with van der Waals surface area (Å²) in [6, 6.07) is 5.68. The summed E-state index contributed by atoms with van der Waals surface area (Å²) in [6.07, 6.45) is 9.56. The van der Waals surface area contributed by atoms with Gasteiger partial charge in [0.2, 0.25) is 17.7 Å². The molecule has 1 saturated carbocycles. The number of aryl methyl sites for hydroxylation is 2. The molecular formula is C25H34N6O3. The maximum Gasteiger partial charge on any atom is 0.227 e. The summed E-state index contributed by atoms with van der Waals surface area (Å²) in [7, 11) is 0. The first kappa shape index (κ1) is 23.9. The number of rotatable bonds is 9. The van der Waals surface area contributed by atoms with Gasteiger partial charge in [-0.2, -0.15) is 4.98 Å². The van der Waals surface area contributed by atoms with Gasteiger partial charge in [-0.25, -0.2) is 4.98 Å². The van der Waals surface area contributed by atoms with E-state index in [2.05, 4.69) is 37.7 Å². The second kappa shape index (κ2) is 10.8. The number of aromatic nitrogens is 4. The number of hydrogen-bond acceptors (Lipinski definition) is 6. The molecule has 4 rings (SSSR count). The second-order valence-corrected chi connectivity index (χ2v) is 9.26. The number of carbonyl (C=O) groups excluding carboxylic acids is 2. The summed E-state index contributed by atoms with van der Waals surface area (Å²) in [5, 5.41) is 10.2. The first-order valence-corrected chi connectivity index (χ1v) is 12.4. The van der Waals surface area contributed by atoms with Gasteiger partial charge in [0.25, 0.3) is 0 Å². The fourth-order valence-electron chi connectivity index (χ4n) is 4.67. The zero-order valence-electron chi connectivity index (χ0n) is 20.1. The Labute approximate surface area is 199 Å². The molecule has 0 aliphatic heterocycles. The molecule has 34 heavy (non-hydrogen) atoms. The van der Waals surface area contributed by atoms with E-state index in [4.69, 9.17) is 4.52 Å². The van der Waals surface area contributed by atoms with Crippen molar-refractivity contribution in [2.24, 2.45) is 0 Å². The van der Waals surface area contributed by atoms with Crippen molar-refractivity contribution in [1.82, 2.24) is 25.4 Å². The average Bonchev–Trinajstić information content (AvgIpc) is 3.38. The lowest BCUT2D eigenvalue weighted by Crippen LogP contribution is -2.45. The predicted molar refractivity (Wildman–Crippen MR) is 129 cm³/mol. The van der Waals surface area contributed by atoms with Gasteiger partial charge in [0.15, 0.2) is 5.82 Å². The second-order valence-electron chi connectivity index (χ2n) is 9.26. The Morgan fingerprint density at radius 2 is 1.91 bits per heavy atom. The first-order valence-electron chi connectivity index (χ1n) is 12.4. The van der Waals surface area contributed by atoms with Crippen LogP contribution in [0.15, 0.2) is 22.7 Å². The molecule has 1 aliphatic rings. The maximum absolute atomic E-state index is 12.5. The van der Waals surface area contributed by atoms with Crippen LogP contribution < -0.4 is 10.6 Å². The smallest absolute Gasteiger partial charge is 0.227 e. The molecule has 0 atom stereocenters. The number of H-pyrrole nitrogens is 1. The average molecular weight is 467 g/mol. The SMILES string of the molecule is CCCCc1nc2ccc(NC(=O)CCc3nc(C4(NC(C)=O)CCCCCC4)no3)cc2[nH]1. The maximum atomic E-state index is 12.5. The van der Waals surface area contributed by atoms with Crippen LogP contribution in [0.4, 0.5) is 5.69 Å². The summed E-state index contributed by atoms with van der Waals surface area (Å²) in [5.74, 6) is 1.67. The molecule has 3 aromatic rings. The third kappa shape index (κ3) is 5.81. The van der Waals surface area contributed by atoms with Crippen molar-refractivity contribution < 1.29 is 14.1 Å². The molecule has 1 aromatic carbocycles. The predicted octanol–water partition coefficient (Wildman–Crippen LogP) is 4.55. The van der Waals surface area contributed by atoms with Crippen molar-refractivity contribution in [3.63, 3.8) is 0 Å². The van der Waals surface area contributed by atoms with Gasteiger partial charge >= 0.3 is 0 Å². The number of amides is 2. The van der Waals surface area contributed by atoms with Crippen molar-refractivity contribution in [3.8, 4) is 0 Å². The van der Waals surface area contributed by atoms with Gasteiger partial charge in [-0.15, -0.1) is 0 Å². The summed E-state index contributed by atoms with van der Waals surface area (Å²) in [5.41, 5.74) is 1.95. The third-order valence-corrected chi connectivity index (χ3v) is 6.42. The molecule has 0 saturated heterocycles. The topological polar surface area (TPSA) is 126 Å². The molecule has 182 valence electrons. The Morgan fingerprint density at radius 3 is 2.65 bits per heavy atom. The highest BCUT2D eigenvalue weighted by Gasteiger charge is 2.38. The minimum Gasteiger partial charge on any atom is -0.343 e. The van der Waals surface area contributed by atoms with E-state index in [1.165, 1.54) is 6.92 Å². The monoisotopic (exact) mass is 466 g/mol. The summed E-state index contributed by atoms with van der Waals surface area (Å²) in [6.45, 7) is 3.67. The number of unbranched alkanes of at least 4 members (excludes halogenated alkanes) is 1. The minimum atomic E-state index is -0.582. The van der Waals surface area contributed by atoms with Crippen LogP contribution >= 0.6 is 0 Å². The lowest BCUT2D eigenvalue weighted by Gasteiger charge is -2.30. The molecule has 0 unspecified atom stereocenters. The van der Waals surface area contributed by atoms with Gasteiger partial charge in [0.05, 0.1) is 11.0 Å². The Kier molecular flexibility index (Phi) is 7.59. The highest BCUT2D eigenvalue weighted by Crippen LogP contribution is 2.34. The van der Waals surface area contributed by atoms with E-state index in [1.807, 2.05) is 18.2 Å². The Hall–Kier alpha value is -3.23. The lowest BCUT2D eigenvalue weighted by atomic mass is 9.89. The summed E-state index contributed by atoms with van der Waals surface area (Å²) < 4.78 is 5.45. The van der Waals surface area contributed by atoms with E-state index < -0.39 is 5.54 Å². The standard InChI is InChI=1S/C25H34N6O3/c1-3-4-9-21-27-19-11-10-18(16-20(19)28-21)26-22(33)12-13-23-29-24(31-34-23)25(30-17(2)32)14-7-5-6-8-15-25/h10-11,16H,3-9,12-15H2,1-2H3,(H,26,33)(H,27,28)(H,30,32). The molecule has 0 spiro atoms. The van der Waals surface area contributed by atoms with Gasteiger partial charge in [0, 0.05) is 31.9 Å². The van der Waals surface area contributed by atoms with Crippen molar-refractivity contribution in [3.05, 3.63) is 35.7 Å².